The Morgan fingerprint density at radius 2 is 1.88 bits per heavy atom. The summed E-state index contributed by atoms with van der Waals surface area (Å²) in [7, 11) is 0. The van der Waals surface area contributed by atoms with E-state index in [1.54, 1.807) is 0 Å². The molecule has 2 aliphatic carbocycles. The number of nitrogens with zero attached hydrogens (tertiary/aromatic N) is 2. The fourth-order valence-corrected chi connectivity index (χ4v) is 4.88. The van der Waals surface area contributed by atoms with E-state index in [9.17, 15) is 0 Å². The standard InChI is InChI=1S/C22H28N2O2/c1-2-5-16(6-3-1)17-9-11-19(12-10-17)25-15-20-14-24-21-8-4-7-18(21)13-23-22(24)26-20/h9-13,16,20,22H,1-8,14-15H2. The van der Waals surface area contributed by atoms with Crippen molar-refractivity contribution in [1.29, 1.82) is 0 Å². The van der Waals surface area contributed by atoms with Crippen molar-refractivity contribution in [3.8, 4) is 5.75 Å². The van der Waals surface area contributed by atoms with Crippen molar-refractivity contribution in [3.63, 3.8) is 0 Å². The first kappa shape index (κ1) is 16.4. The van der Waals surface area contributed by atoms with Crippen LogP contribution >= 0.6 is 0 Å². The molecular formula is C22H28N2O2. The molecule has 1 aromatic rings. The van der Waals surface area contributed by atoms with Gasteiger partial charge in [-0.2, -0.15) is 0 Å². The lowest BCUT2D eigenvalue weighted by Crippen LogP contribution is -2.31. The monoisotopic (exact) mass is 352 g/mol. The second kappa shape index (κ2) is 7.07. The van der Waals surface area contributed by atoms with Crippen LogP contribution in [0.4, 0.5) is 0 Å². The first-order chi connectivity index (χ1) is 12.9. The Morgan fingerprint density at radius 1 is 1.04 bits per heavy atom. The summed E-state index contributed by atoms with van der Waals surface area (Å²) in [5.74, 6) is 1.70. The van der Waals surface area contributed by atoms with Crippen molar-refractivity contribution in [2.75, 3.05) is 13.2 Å². The zero-order valence-corrected chi connectivity index (χ0v) is 15.4. The maximum Gasteiger partial charge on any atom is 0.228 e. The molecular weight excluding hydrogens is 324 g/mol. The minimum atomic E-state index is -0.130. The number of hydrogen-bond acceptors (Lipinski definition) is 4. The van der Waals surface area contributed by atoms with Crippen LogP contribution in [0, 0.1) is 0 Å². The minimum absolute atomic E-state index is 0.0858. The highest BCUT2D eigenvalue weighted by atomic mass is 16.6. The average Bonchev–Trinajstić information content (AvgIpc) is 3.33. The Balaban J connectivity index is 1.16. The van der Waals surface area contributed by atoms with Crippen LogP contribution in [0.25, 0.3) is 0 Å². The molecule has 0 radical (unpaired) electrons. The third kappa shape index (κ3) is 3.16. The quantitative estimate of drug-likeness (QED) is 0.793. The Hall–Kier alpha value is -1.81. The molecule has 5 rings (SSSR count). The van der Waals surface area contributed by atoms with Gasteiger partial charge in [-0.05, 0) is 61.3 Å². The molecule has 1 aromatic carbocycles. The summed E-state index contributed by atoms with van der Waals surface area (Å²) < 4.78 is 12.1. The summed E-state index contributed by atoms with van der Waals surface area (Å²) in [6.07, 6.45) is 12.4. The molecule has 4 heteroatoms. The van der Waals surface area contributed by atoms with E-state index in [0.29, 0.717) is 6.61 Å². The number of allylic oxidation sites excluding steroid dienone is 2. The second-order valence-corrected chi connectivity index (χ2v) is 8.06. The lowest BCUT2D eigenvalue weighted by molar-refractivity contribution is -0.00182. The number of fused-ring (bicyclic) bond motifs is 2. The van der Waals surface area contributed by atoms with Gasteiger partial charge in [0.25, 0.3) is 0 Å². The Kier molecular flexibility index (Phi) is 4.45. The van der Waals surface area contributed by atoms with E-state index >= 15 is 0 Å². The zero-order valence-electron chi connectivity index (χ0n) is 15.4. The van der Waals surface area contributed by atoms with E-state index in [2.05, 4.69) is 34.2 Å². The van der Waals surface area contributed by atoms with E-state index in [1.807, 2.05) is 6.21 Å². The van der Waals surface area contributed by atoms with Crippen LogP contribution < -0.4 is 4.74 Å². The summed E-state index contributed by atoms with van der Waals surface area (Å²) >= 11 is 0. The number of benzene rings is 1. The van der Waals surface area contributed by atoms with Crippen molar-refractivity contribution in [3.05, 3.63) is 41.1 Å². The van der Waals surface area contributed by atoms with Crippen LogP contribution in [0.5, 0.6) is 5.75 Å². The first-order valence-electron chi connectivity index (χ1n) is 10.3. The normalized spacial score (nSPS) is 28.4. The van der Waals surface area contributed by atoms with Crippen LogP contribution in [0.2, 0.25) is 0 Å². The van der Waals surface area contributed by atoms with E-state index in [1.165, 1.54) is 55.4 Å². The van der Waals surface area contributed by atoms with Crippen LogP contribution in [0.15, 0.2) is 40.5 Å². The van der Waals surface area contributed by atoms with E-state index in [-0.39, 0.29) is 12.5 Å². The molecule has 0 spiro atoms. The topological polar surface area (TPSA) is 34.1 Å². The molecule has 2 aliphatic heterocycles. The maximum atomic E-state index is 6.08. The first-order valence-corrected chi connectivity index (χ1v) is 10.3. The number of rotatable bonds is 4. The summed E-state index contributed by atoms with van der Waals surface area (Å²) in [4.78, 5) is 6.90. The molecule has 0 N–H and O–H groups in total. The van der Waals surface area contributed by atoms with Crippen molar-refractivity contribution >= 4 is 6.21 Å². The number of hydrogen-bond donors (Lipinski definition) is 0. The van der Waals surface area contributed by atoms with Crippen molar-refractivity contribution in [2.24, 2.45) is 4.99 Å². The highest BCUT2D eigenvalue weighted by molar-refractivity contribution is 5.81. The van der Waals surface area contributed by atoms with Gasteiger partial charge in [-0.1, -0.05) is 31.4 Å². The van der Waals surface area contributed by atoms with Gasteiger partial charge in [0.15, 0.2) is 0 Å². The summed E-state index contributed by atoms with van der Waals surface area (Å²) in [5.41, 5.74) is 4.33. The van der Waals surface area contributed by atoms with E-state index in [0.717, 1.165) is 31.1 Å². The van der Waals surface area contributed by atoms with Gasteiger partial charge in [-0.25, -0.2) is 4.99 Å². The summed E-state index contributed by atoms with van der Waals surface area (Å²) in [6.45, 7) is 1.48. The molecule has 1 saturated carbocycles. The molecule has 138 valence electrons. The molecule has 2 heterocycles. The maximum absolute atomic E-state index is 6.08. The van der Waals surface area contributed by atoms with Crippen molar-refractivity contribution in [2.45, 2.75) is 69.7 Å². The number of ether oxygens (including phenoxy) is 2. The molecule has 4 nitrogen and oxygen atoms in total. The highest BCUT2D eigenvalue weighted by Gasteiger charge is 2.38. The van der Waals surface area contributed by atoms with Gasteiger partial charge < -0.3 is 14.4 Å². The smallest absolute Gasteiger partial charge is 0.228 e. The van der Waals surface area contributed by atoms with Crippen LogP contribution in [0.3, 0.4) is 0 Å². The Labute approximate surface area is 155 Å². The fraction of sp³-hybridized carbons (Fsp3) is 0.591. The largest absolute Gasteiger partial charge is 0.491 e. The third-order valence-electron chi connectivity index (χ3n) is 6.31. The van der Waals surface area contributed by atoms with Gasteiger partial charge in [0.1, 0.15) is 18.5 Å². The zero-order chi connectivity index (χ0) is 17.3. The lowest BCUT2D eigenvalue weighted by atomic mass is 9.84. The van der Waals surface area contributed by atoms with Gasteiger partial charge in [0.2, 0.25) is 6.35 Å². The second-order valence-electron chi connectivity index (χ2n) is 8.06. The predicted octanol–water partition coefficient (Wildman–Crippen LogP) is 4.62. The molecule has 0 amide bonds. The number of aliphatic imine (C=N–C) groups is 1. The van der Waals surface area contributed by atoms with Gasteiger partial charge in [0, 0.05) is 11.9 Å². The van der Waals surface area contributed by atoms with Gasteiger partial charge >= 0.3 is 0 Å². The Bertz CT molecular complexity index is 703. The van der Waals surface area contributed by atoms with E-state index < -0.39 is 0 Å². The third-order valence-corrected chi connectivity index (χ3v) is 6.31. The summed E-state index contributed by atoms with van der Waals surface area (Å²) in [6, 6.07) is 8.76. The predicted molar refractivity (Wildman–Crippen MR) is 102 cm³/mol. The summed E-state index contributed by atoms with van der Waals surface area (Å²) in [5, 5.41) is 0. The van der Waals surface area contributed by atoms with Crippen molar-refractivity contribution in [1.82, 2.24) is 4.90 Å². The molecule has 2 fully saturated rings. The van der Waals surface area contributed by atoms with Gasteiger partial charge in [0.05, 0.1) is 6.54 Å². The van der Waals surface area contributed by atoms with Gasteiger partial charge in [-0.15, -0.1) is 0 Å². The molecule has 26 heavy (non-hydrogen) atoms. The lowest BCUT2D eigenvalue weighted by Gasteiger charge is -2.26. The fourth-order valence-electron chi connectivity index (χ4n) is 4.88. The molecule has 0 bridgehead atoms. The van der Waals surface area contributed by atoms with Crippen LogP contribution in [-0.4, -0.2) is 36.7 Å². The molecule has 0 aromatic heterocycles. The van der Waals surface area contributed by atoms with Crippen LogP contribution in [0.1, 0.15) is 62.8 Å². The minimum Gasteiger partial charge on any atom is -0.491 e. The molecule has 2 unspecified atom stereocenters. The SMILES string of the molecule is C1=NC2OC(COc3ccc(C4CCCCC4)cc3)CN2C2=C1CCC2. The Morgan fingerprint density at radius 3 is 2.73 bits per heavy atom. The molecule has 1 saturated heterocycles. The van der Waals surface area contributed by atoms with Crippen molar-refractivity contribution < 1.29 is 9.47 Å². The molecule has 4 aliphatic rings. The van der Waals surface area contributed by atoms with Gasteiger partial charge in [-0.3, -0.25) is 0 Å². The molecule has 2 atom stereocenters. The van der Waals surface area contributed by atoms with Crippen LogP contribution in [-0.2, 0) is 4.74 Å². The van der Waals surface area contributed by atoms with E-state index in [4.69, 9.17) is 9.47 Å². The highest BCUT2D eigenvalue weighted by Crippen LogP contribution is 2.36. The average molecular weight is 352 g/mol.